The van der Waals surface area contributed by atoms with Gasteiger partial charge in [-0.25, -0.2) is 4.39 Å². The summed E-state index contributed by atoms with van der Waals surface area (Å²) in [6.45, 7) is -0.457. The van der Waals surface area contributed by atoms with E-state index >= 15 is 0 Å². The van der Waals surface area contributed by atoms with Crippen molar-refractivity contribution >= 4 is 35.0 Å². The first-order valence-electron chi connectivity index (χ1n) is 10.4. The lowest BCUT2D eigenvalue weighted by Gasteiger charge is -2.28. The van der Waals surface area contributed by atoms with E-state index in [1.54, 1.807) is 0 Å². The highest BCUT2D eigenvalue weighted by molar-refractivity contribution is 7.99. The van der Waals surface area contributed by atoms with Crippen molar-refractivity contribution in [2.75, 3.05) is 29.1 Å². The van der Waals surface area contributed by atoms with Crippen LogP contribution >= 0.6 is 11.8 Å². The highest BCUT2D eigenvalue weighted by Crippen LogP contribution is 2.42. The van der Waals surface area contributed by atoms with Crippen LogP contribution in [0.25, 0.3) is 11.1 Å². The van der Waals surface area contributed by atoms with Gasteiger partial charge in [-0.2, -0.15) is 13.2 Å². The Morgan fingerprint density at radius 3 is 2.50 bits per heavy atom. The van der Waals surface area contributed by atoms with Crippen molar-refractivity contribution in [1.82, 2.24) is 0 Å². The second-order valence-corrected chi connectivity index (χ2v) is 8.85. The molecule has 2 amide bonds. The highest BCUT2D eigenvalue weighted by atomic mass is 32.2. The van der Waals surface area contributed by atoms with Gasteiger partial charge in [-0.3, -0.25) is 9.59 Å². The van der Waals surface area contributed by atoms with Crippen molar-refractivity contribution in [3.8, 4) is 11.1 Å². The second-order valence-electron chi connectivity index (χ2n) is 7.71. The molecule has 0 radical (unpaired) electrons. The van der Waals surface area contributed by atoms with Crippen LogP contribution < -0.4 is 9.80 Å². The molecule has 0 saturated heterocycles. The van der Waals surface area contributed by atoms with Crippen LogP contribution in [0, 0.1) is 5.82 Å². The zero-order chi connectivity index (χ0) is 24.5. The van der Waals surface area contributed by atoms with Gasteiger partial charge in [0, 0.05) is 29.7 Å². The molecule has 1 aliphatic rings. The van der Waals surface area contributed by atoms with Crippen molar-refractivity contribution in [2.45, 2.75) is 17.5 Å². The largest absolute Gasteiger partial charge is 0.418 e. The summed E-state index contributed by atoms with van der Waals surface area (Å²) in [5.74, 6) is -1.57. The number of fused-ring (bicyclic) bond motifs is 1. The van der Waals surface area contributed by atoms with Gasteiger partial charge in [0.2, 0.25) is 11.8 Å². The maximum absolute atomic E-state index is 13.5. The average molecular weight is 489 g/mol. The molecule has 176 valence electrons. The van der Waals surface area contributed by atoms with E-state index in [-0.39, 0.29) is 12.3 Å². The standard InChI is InChI=1S/C25H20F4N2O2S/c1-30(20-11-10-17(26)14-19(20)25(27,28)29)23(33)15-31-22(32)12-13-34-21-9-5-8-18(24(21)31)16-6-3-2-4-7-16/h2-11,14H,12-13,15H2,1H3. The summed E-state index contributed by atoms with van der Waals surface area (Å²) in [6, 6.07) is 17.1. The van der Waals surface area contributed by atoms with Crippen LogP contribution in [0.15, 0.2) is 71.6 Å². The third kappa shape index (κ3) is 4.79. The number of likely N-dealkylation sites (N-methyl/N-ethyl adjacent to an activating group) is 1. The Morgan fingerprint density at radius 2 is 1.79 bits per heavy atom. The van der Waals surface area contributed by atoms with Crippen molar-refractivity contribution < 1.29 is 27.2 Å². The zero-order valence-electron chi connectivity index (χ0n) is 18.1. The van der Waals surface area contributed by atoms with Gasteiger partial charge < -0.3 is 9.80 Å². The quantitative estimate of drug-likeness (QED) is 0.423. The molecule has 0 N–H and O–H groups in total. The lowest BCUT2D eigenvalue weighted by atomic mass is 10.0. The summed E-state index contributed by atoms with van der Waals surface area (Å²) in [5.41, 5.74) is 0.407. The summed E-state index contributed by atoms with van der Waals surface area (Å²) >= 11 is 1.49. The van der Waals surface area contributed by atoms with Crippen molar-refractivity contribution in [3.05, 3.63) is 78.1 Å². The molecule has 1 heterocycles. The van der Waals surface area contributed by atoms with E-state index in [0.29, 0.717) is 17.5 Å². The molecule has 3 aromatic rings. The van der Waals surface area contributed by atoms with Crippen molar-refractivity contribution in [1.29, 1.82) is 0 Å². The minimum Gasteiger partial charge on any atom is -0.313 e. The minimum atomic E-state index is -4.85. The van der Waals surface area contributed by atoms with Crippen molar-refractivity contribution in [3.63, 3.8) is 0 Å². The molecule has 3 aromatic carbocycles. The first-order chi connectivity index (χ1) is 16.2. The molecule has 4 rings (SSSR count). The maximum Gasteiger partial charge on any atom is 0.418 e. The predicted molar refractivity (Wildman–Crippen MR) is 124 cm³/mol. The number of carbonyl (C=O) groups is 2. The molecule has 34 heavy (non-hydrogen) atoms. The number of thioether (sulfide) groups is 1. The maximum atomic E-state index is 13.5. The first-order valence-corrected chi connectivity index (χ1v) is 11.4. The molecule has 0 spiro atoms. The Balaban J connectivity index is 1.73. The summed E-state index contributed by atoms with van der Waals surface area (Å²) in [6.07, 6.45) is -4.68. The lowest BCUT2D eigenvalue weighted by Crippen LogP contribution is -2.42. The Kier molecular flexibility index (Phi) is 6.65. The van der Waals surface area contributed by atoms with Crippen LogP contribution in [0.2, 0.25) is 0 Å². The molecular formula is C25H20F4N2O2S. The number of halogens is 4. The number of hydrogen-bond donors (Lipinski definition) is 0. The number of anilines is 2. The summed E-state index contributed by atoms with van der Waals surface area (Å²) in [5, 5.41) is 0. The summed E-state index contributed by atoms with van der Waals surface area (Å²) in [4.78, 5) is 29.2. The smallest absolute Gasteiger partial charge is 0.313 e. The van der Waals surface area contributed by atoms with Gasteiger partial charge in [0.05, 0.1) is 16.9 Å². The number of para-hydroxylation sites is 1. The number of hydrogen-bond acceptors (Lipinski definition) is 3. The predicted octanol–water partition coefficient (Wildman–Crippen LogP) is 6.00. The third-order valence-electron chi connectivity index (χ3n) is 5.52. The fourth-order valence-electron chi connectivity index (χ4n) is 3.85. The second kappa shape index (κ2) is 9.50. The van der Waals surface area contributed by atoms with Crippen LogP contribution in [0.1, 0.15) is 12.0 Å². The van der Waals surface area contributed by atoms with E-state index in [2.05, 4.69) is 0 Å². The molecule has 0 bridgehead atoms. The van der Waals surface area contributed by atoms with E-state index in [1.165, 1.54) is 23.7 Å². The molecular weight excluding hydrogens is 468 g/mol. The average Bonchev–Trinajstić information content (AvgIpc) is 2.97. The Bertz CT molecular complexity index is 1230. The van der Waals surface area contributed by atoms with E-state index in [1.807, 2.05) is 48.5 Å². The van der Waals surface area contributed by atoms with E-state index < -0.39 is 35.7 Å². The van der Waals surface area contributed by atoms with E-state index in [9.17, 15) is 27.2 Å². The van der Waals surface area contributed by atoms with Crippen LogP contribution in [-0.4, -0.2) is 31.2 Å². The molecule has 9 heteroatoms. The number of amides is 2. The number of alkyl halides is 3. The monoisotopic (exact) mass is 488 g/mol. The fourth-order valence-corrected chi connectivity index (χ4v) is 4.87. The minimum absolute atomic E-state index is 0.176. The molecule has 0 unspecified atom stereocenters. The number of carbonyl (C=O) groups excluding carboxylic acids is 2. The Labute approximate surface area is 198 Å². The van der Waals surface area contributed by atoms with Crippen LogP contribution in [0.4, 0.5) is 28.9 Å². The van der Waals surface area contributed by atoms with E-state index in [0.717, 1.165) is 33.1 Å². The molecule has 0 atom stereocenters. The summed E-state index contributed by atoms with van der Waals surface area (Å²) in [7, 11) is 1.19. The van der Waals surface area contributed by atoms with E-state index in [4.69, 9.17) is 0 Å². The first kappa shape index (κ1) is 23.8. The fraction of sp³-hybridized carbons (Fsp3) is 0.200. The van der Waals surface area contributed by atoms with Gasteiger partial charge in [-0.15, -0.1) is 11.8 Å². The zero-order valence-corrected chi connectivity index (χ0v) is 18.9. The lowest BCUT2D eigenvalue weighted by molar-refractivity contribution is -0.137. The van der Waals surface area contributed by atoms with Crippen molar-refractivity contribution in [2.24, 2.45) is 0 Å². The molecule has 4 nitrogen and oxygen atoms in total. The number of benzene rings is 3. The van der Waals surface area contributed by atoms with Crippen LogP contribution in [-0.2, 0) is 15.8 Å². The van der Waals surface area contributed by atoms with Gasteiger partial charge in [0.25, 0.3) is 0 Å². The van der Waals surface area contributed by atoms with Gasteiger partial charge in [-0.1, -0.05) is 42.5 Å². The van der Waals surface area contributed by atoms with Crippen LogP contribution in [0.5, 0.6) is 0 Å². The normalized spacial score (nSPS) is 13.9. The highest BCUT2D eigenvalue weighted by Gasteiger charge is 2.36. The molecule has 0 fully saturated rings. The number of rotatable bonds is 4. The molecule has 1 aliphatic heterocycles. The van der Waals surface area contributed by atoms with Gasteiger partial charge in [0.15, 0.2) is 0 Å². The SMILES string of the molecule is CN(C(=O)CN1C(=O)CCSc2cccc(-c3ccccc3)c21)c1ccc(F)cc1C(F)(F)F. The topological polar surface area (TPSA) is 40.6 Å². The molecule has 0 aromatic heterocycles. The molecule has 0 aliphatic carbocycles. The van der Waals surface area contributed by atoms with Gasteiger partial charge in [-0.05, 0) is 29.8 Å². The van der Waals surface area contributed by atoms with Crippen LogP contribution in [0.3, 0.4) is 0 Å². The summed E-state index contributed by atoms with van der Waals surface area (Å²) < 4.78 is 54.0. The number of nitrogens with zero attached hydrogens (tertiary/aromatic N) is 2. The third-order valence-corrected chi connectivity index (χ3v) is 6.57. The van der Waals surface area contributed by atoms with Gasteiger partial charge in [0.1, 0.15) is 12.4 Å². The Morgan fingerprint density at radius 1 is 1.06 bits per heavy atom. The van der Waals surface area contributed by atoms with Gasteiger partial charge >= 0.3 is 6.18 Å². The molecule has 0 saturated carbocycles. The Hall–Kier alpha value is -3.33.